The molecule has 0 aromatic rings. The predicted molar refractivity (Wildman–Crippen MR) is 68.6 cm³/mol. The molecular weight excluding hydrogens is 200 g/mol. The molecule has 2 unspecified atom stereocenters. The highest BCUT2D eigenvalue weighted by Gasteiger charge is 2.40. The molecule has 0 aliphatic carbocycles. The Labute approximate surface area is 100 Å². The van der Waals surface area contributed by atoms with Gasteiger partial charge >= 0.3 is 0 Å². The Balaban J connectivity index is 2.67. The van der Waals surface area contributed by atoms with E-state index >= 15 is 0 Å². The molecule has 3 nitrogen and oxygen atoms in total. The summed E-state index contributed by atoms with van der Waals surface area (Å²) >= 11 is 0. The second-order valence-corrected chi connectivity index (χ2v) is 5.37. The Kier molecular flexibility index (Phi) is 5.22. The van der Waals surface area contributed by atoms with Crippen molar-refractivity contribution in [2.24, 2.45) is 5.73 Å². The maximum absolute atomic E-state index is 6.04. The first-order valence-corrected chi connectivity index (χ1v) is 6.61. The number of hydrogen-bond donors (Lipinski definition) is 1. The number of nitrogens with zero attached hydrogens (tertiary/aromatic N) is 1. The molecule has 1 aliphatic rings. The molecule has 0 aromatic heterocycles. The summed E-state index contributed by atoms with van der Waals surface area (Å²) in [5.41, 5.74) is 6.20. The zero-order valence-electron chi connectivity index (χ0n) is 11.3. The first kappa shape index (κ1) is 13.9. The van der Waals surface area contributed by atoms with E-state index in [-0.39, 0.29) is 5.54 Å². The molecule has 0 bridgehead atoms. The lowest BCUT2D eigenvalue weighted by Crippen LogP contribution is -2.58. The molecule has 0 radical (unpaired) electrons. The molecule has 16 heavy (non-hydrogen) atoms. The van der Waals surface area contributed by atoms with Crippen molar-refractivity contribution in [3.8, 4) is 0 Å². The third kappa shape index (κ3) is 3.19. The normalized spacial score (nSPS) is 35.6. The summed E-state index contributed by atoms with van der Waals surface area (Å²) in [5.74, 6) is 0. The monoisotopic (exact) mass is 228 g/mol. The first-order valence-electron chi connectivity index (χ1n) is 6.61. The smallest absolute Gasteiger partial charge is 0.0568 e. The third-order valence-electron chi connectivity index (χ3n) is 3.84. The molecule has 0 aromatic carbocycles. The van der Waals surface area contributed by atoms with E-state index < -0.39 is 0 Å². The zero-order chi connectivity index (χ0) is 12.2. The lowest BCUT2D eigenvalue weighted by atomic mass is 9.82. The van der Waals surface area contributed by atoms with Crippen molar-refractivity contribution in [1.82, 2.24) is 4.90 Å². The quantitative estimate of drug-likeness (QED) is 0.782. The van der Waals surface area contributed by atoms with Crippen molar-refractivity contribution in [2.75, 3.05) is 20.1 Å². The molecule has 2 atom stereocenters. The van der Waals surface area contributed by atoms with Gasteiger partial charge in [0.1, 0.15) is 0 Å². The van der Waals surface area contributed by atoms with Gasteiger partial charge in [0.25, 0.3) is 0 Å². The van der Waals surface area contributed by atoms with Crippen molar-refractivity contribution in [1.29, 1.82) is 0 Å². The molecule has 1 rings (SSSR count). The SMILES string of the molecule is CCCCN(C)C1(CN)CC(C)OC(C)C1. The van der Waals surface area contributed by atoms with Crippen LogP contribution < -0.4 is 5.73 Å². The van der Waals surface area contributed by atoms with Gasteiger partial charge in [-0.1, -0.05) is 13.3 Å². The van der Waals surface area contributed by atoms with Crippen LogP contribution in [0.1, 0.15) is 46.5 Å². The van der Waals surface area contributed by atoms with Crippen LogP contribution in [0.2, 0.25) is 0 Å². The maximum atomic E-state index is 6.04. The van der Waals surface area contributed by atoms with Crippen LogP contribution in [0.15, 0.2) is 0 Å². The molecule has 3 heteroatoms. The molecule has 1 saturated heterocycles. The fourth-order valence-corrected chi connectivity index (χ4v) is 2.91. The van der Waals surface area contributed by atoms with Crippen LogP contribution in [0.4, 0.5) is 0 Å². The van der Waals surface area contributed by atoms with Crippen molar-refractivity contribution < 1.29 is 4.74 Å². The molecule has 1 fully saturated rings. The predicted octanol–water partition coefficient (Wildman–Crippen LogP) is 2.00. The summed E-state index contributed by atoms with van der Waals surface area (Å²) in [5, 5.41) is 0. The molecular formula is C13H28N2O. The zero-order valence-corrected chi connectivity index (χ0v) is 11.3. The van der Waals surface area contributed by atoms with Gasteiger partial charge in [0, 0.05) is 12.1 Å². The van der Waals surface area contributed by atoms with Gasteiger partial charge in [-0.2, -0.15) is 0 Å². The summed E-state index contributed by atoms with van der Waals surface area (Å²) in [6.07, 6.45) is 5.28. The molecule has 96 valence electrons. The highest BCUT2D eigenvalue weighted by molar-refractivity contribution is 4.96. The molecule has 2 N–H and O–H groups in total. The topological polar surface area (TPSA) is 38.5 Å². The Morgan fingerprint density at radius 2 is 1.88 bits per heavy atom. The van der Waals surface area contributed by atoms with E-state index in [1.165, 1.54) is 12.8 Å². The summed E-state index contributed by atoms with van der Waals surface area (Å²) < 4.78 is 5.82. The third-order valence-corrected chi connectivity index (χ3v) is 3.84. The highest BCUT2D eigenvalue weighted by Crippen LogP contribution is 2.32. The Morgan fingerprint density at radius 1 is 1.31 bits per heavy atom. The number of nitrogens with two attached hydrogens (primary N) is 1. The van der Waals surface area contributed by atoms with E-state index in [1.807, 2.05) is 0 Å². The molecule has 1 heterocycles. The van der Waals surface area contributed by atoms with Crippen LogP contribution in [-0.4, -0.2) is 42.8 Å². The first-order chi connectivity index (χ1) is 7.54. The number of ether oxygens (including phenoxy) is 1. The van der Waals surface area contributed by atoms with E-state index in [0.717, 1.165) is 25.9 Å². The minimum Gasteiger partial charge on any atom is -0.375 e. The summed E-state index contributed by atoms with van der Waals surface area (Å²) in [7, 11) is 2.22. The van der Waals surface area contributed by atoms with Gasteiger partial charge in [-0.05, 0) is 46.7 Å². The number of rotatable bonds is 5. The molecule has 0 spiro atoms. The van der Waals surface area contributed by atoms with E-state index in [0.29, 0.717) is 12.2 Å². The van der Waals surface area contributed by atoms with E-state index in [1.54, 1.807) is 0 Å². The largest absolute Gasteiger partial charge is 0.375 e. The van der Waals surface area contributed by atoms with Crippen molar-refractivity contribution >= 4 is 0 Å². The van der Waals surface area contributed by atoms with Gasteiger partial charge in [-0.3, -0.25) is 4.90 Å². The highest BCUT2D eigenvalue weighted by atomic mass is 16.5. The van der Waals surface area contributed by atoms with Crippen LogP contribution >= 0.6 is 0 Å². The lowest BCUT2D eigenvalue weighted by molar-refractivity contribution is -0.0976. The average molecular weight is 228 g/mol. The lowest BCUT2D eigenvalue weighted by Gasteiger charge is -2.48. The average Bonchev–Trinajstić information content (AvgIpc) is 2.24. The molecule has 1 aliphatic heterocycles. The van der Waals surface area contributed by atoms with Gasteiger partial charge in [0.2, 0.25) is 0 Å². The Hall–Kier alpha value is -0.120. The van der Waals surface area contributed by atoms with E-state index in [2.05, 4.69) is 32.7 Å². The minimum absolute atomic E-state index is 0.159. The standard InChI is InChI=1S/C13H28N2O/c1-5-6-7-15(4)13(10-14)8-11(2)16-12(3)9-13/h11-12H,5-10,14H2,1-4H3. The van der Waals surface area contributed by atoms with Crippen LogP contribution in [0, 0.1) is 0 Å². The van der Waals surface area contributed by atoms with Crippen LogP contribution in [0.3, 0.4) is 0 Å². The van der Waals surface area contributed by atoms with Crippen LogP contribution in [-0.2, 0) is 4.74 Å². The Bertz CT molecular complexity index is 198. The van der Waals surface area contributed by atoms with Crippen LogP contribution in [0.5, 0.6) is 0 Å². The minimum atomic E-state index is 0.159. The maximum Gasteiger partial charge on any atom is 0.0568 e. The number of likely N-dealkylation sites (N-methyl/N-ethyl adjacent to an activating group) is 1. The van der Waals surface area contributed by atoms with Crippen molar-refractivity contribution in [2.45, 2.75) is 64.2 Å². The Morgan fingerprint density at radius 3 is 2.31 bits per heavy atom. The van der Waals surface area contributed by atoms with Gasteiger partial charge < -0.3 is 10.5 Å². The van der Waals surface area contributed by atoms with E-state index in [9.17, 15) is 0 Å². The second-order valence-electron chi connectivity index (χ2n) is 5.37. The van der Waals surface area contributed by atoms with E-state index in [4.69, 9.17) is 10.5 Å². The van der Waals surface area contributed by atoms with Crippen LogP contribution in [0.25, 0.3) is 0 Å². The van der Waals surface area contributed by atoms with Crippen molar-refractivity contribution in [3.05, 3.63) is 0 Å². The molecule has 0 saturated carbocycles. The van der Waals surface area contributed by atoms with Crippen molar-refractivity contribution in [3.63, 3.8) is 0 Å². The summed E-state index contributed by atoms with van der Waals surface area (Å²) in [4.78, 5) is 2.46. The number of unbranched alkanes of at least 4 members (excludes halogenated alkanes) is 1. The summed E-state index contributed by atoms with van der Waals surface area (Å²) in [6, 6.07) is 0. The van der Waals surface area contributed by atoms with Gasteiger partial charge in [-0.25, -0.2) is 0 Å². The fourth-order valence-electron chi connectivity index (χ4n) is 2.91. The number of hydrogen-bond acceptors (Lipinski definition) is 3. The fraction of sp³-hybridized carbons (Fsp3) is 1.00. The van der Waals surface area contributed by atoms with Gasteiger partial charge in [0.15, 0.2) is 0 Å². The molecule has 0 amide bonds. The summed E-state index contributed by atoms with van der Waals surface area (Å²) in [6.45, 7) is 8.44. The second kappa shape index (κ2) is 5.99. The van der Waals surface area contributed by atoms with Gasteiger partial charge in [-0.15, -0.1) is 0 Å². The van der Waals surface area contributed by atoms with Gasteiger partial charge in [0.05, 0.1) is 12.2 Å².